The number of nitrogens with zero attached hydrogens (tertiary/aromatic N) is 1. The lowest BCUT2D eigenvalue weighted by Crippen LogP contribution is -2.16. The predicted octanol–water partition coefficient (Wildman–Crippen LogP) is 4.99. The third-order valence-electron chi connectivity index (χ3n) is 4.74. The highest BCUT2D eigenvalue weighted by molar-refractivity contribution is 6.04. The Bertz CT molecular complexity index is 708. The van der Waals surface area contributed by atoms with E-state index in [9.17, 15) is 4.79 Å². The predicted molar refractivity (Wildman–Crippen MR) is 103 cm³/mol. The highest BCUT2D eigenvalue weighted by atomic mass is 16.1. The summed E-state index contributed by atoms with van der Waals surface area (Å²) in [7, 11) is 0. The van der Waals surface area contributed by atoms with Crippen molar-refractivity contribution in [1.29, 1.82) is 0 Å². The van der Waals surface area contributed by atoms with Crippen molar-refractivity contribution in [2.24, 2.45) is 0 Å². The number of hydrogen-bond donors (Lipinski definition) is 2. The zero-order chi connectivity index (χ0) is 17.9. The standard InChI is InChI=1S/C21H27N3O/c1-21(2,3)16-10-8-15(9-11-16)20(25)24-18-12-13-19(22-14-18)23-17-6-4-5-7-17/h8-14,17H,4-7H2,1-3H3,(H,22,23)(H,24,25). The second-order valence-corrected chi connectivity index (χ2v) is 7.84. The minimum Gasteiger partial charge on any atom is -0.367 e. The molecule has 0 aliphatic heterocycles. The fraction of sp³-hybridized carbons (Fsp3) is 0.429. The average molecular weight is 337 g/mol. The van der Waals surface area contributed by atoms with Crippen LogP contribution in [0.1, 0.15) is 62.4 Å². The summed E-state index contributed by atoms with van der Waals surface area (Å²) in [5.41, 5.74) is 2.66. The van der Waals surface area contributed by atoms with Crippen LogP contribution >= 0.6 is 0 Å². The van der Waals surface area contributed by atoms with E-state index in [4.69, 9.17) is 0 Å². The summed E-state index contributed by atoms with van der Waals surface area (Å²) in [5, 5.41) is 6.36. The van der Waals surface area contributed by atoms with Crippen molar-refractivity contribution >= 4 is 17.4 Å². The van der Waals surface area contributed by atoms with E-state index in [-0.39, 0.29) is 11.3 Å². The van der Waals surface area contributed by atoms with Crippen molar-refractivity contribution in [2.75, 3.05) is 10.6 Å². The maximum Gasteiger partial charge on any atom is 0.255 e. The molecule has 1 heterocycles. The van der Waals surface area contributed by atoms with Crippen LogP contribution in [0.2, 0.25) is 0 Å². The molecule has 1 saturated carbocycles. The molecule has 0 unspecified atom stereocenters. The lowest BCUT2D eigenvalue weighted by atomic mass is 9.87. The van der Waals surface area contributed by atoms with Crippen LogP contribution in [0.15, 0.2) is 42.6 Å². The highest BCUT2D eigenvalue weighted by Gasteiger charge is 2.16. The summed E-state index contributed by atoms with van der Waals surface area (Å²) in [6.07, 6.45) is 6.72. The van der Waals surface area contributed by atoms with Gasteiger partial charge in [-0.3, -0.25) is 4.79 Å². The molecule has 4 nitrogen and oxygen atoms in total. The van der Waals surface area contributed by atoms with Crippen LogP contribution < -0.4 is 10.6 Å². The van der Waals surface area contributed by atoms with E-state index in [0.29, 0.717) is 17.3 Å². The number of benzene rings is 1. The van der Waals surface area contributed by atoms with E-state index < -0.39 is 0 Å². The zero-order valence-corrected chi connectivity index (χ0v) is 15.3. The van der Waals surface area contributed by atoms with E-state index in [0.717, 1.165) is 5.82 Å². The number of pyridine rings is 1. The Hall–Kier alpha value is -2.36. The second kappa shape index (κ2) is 7.26. The topological polar surface area (TPSA) is 54.0 Å². The van der Waals surface area contributed by atoms with Gasteiger partial charge in [0.2, 0.25) is 0 Å². The summed E-state index contributed by atoms with van der Waals surface area (Å²) in [6.45, 7) is 6.48. The molecule has 1 aliphatic rings. The van der Waals surface area contributed by atoms with Crippen LogP contribution in [-0.2, 0) is 5.41 Å². The van der Waals surface area contributed by atoms with Crippen LogP contribution in [0.25, 0.3) is 0 Å². The molecular formula is C21H27N3O. The van der Waals surface area contributed by atoms with Gasteiger partial charge in [0.05, 0.1) is 11.9 Å². The molecule has 1 aliphatic carbocycles. The van der Waals surface area contributed by atoms with Gasteiger partial charge in [-0.1, -0.05) is 45.7 Å². The van der Waals surface area contributed by atoms with Crippen molar-refractivity contribution in [1.82, 2.24) is 4.98 Å². The molecule has 0 saturated heterocycles. The number of carbonyl (C=O) groups is 1. The van der Waals surface area contributed by atoms with Gasteiger partial charge in [0.15, 0.2) is 0 Å². The molecule has 1 aromatic carbocycles. The first kappa shape index (κ1) is 17.5. The summed E-state index contributed by atoms with van der Waals surface area (Å²) in [6, 6.07) is 12.1. The molecule has 1 aromatic heterocycles. The quantitative estimate of drug-likeness (QED) is 0.827. The monoisotopic (exact) mass is 337 g/mol. The van der Waals surface area contributed by atoms with Crippen molar-refractivity contribution < 1.29 is 4.79 Å². The van der Waals surface area contributed by atoms with Gasteiger partial charge < -0.3 is 10.6 Å². The minimum atomic E-state index is -0.112. The van der Waals surface area contributed by atoms with Gasteiger partial charge in [0.25, 0.3) is 5.91 Å². The Morgan fingerprint density at radius 3 is 2.28 bits per heavy atom. The zero-order valence-electron chi connectivity index (χ0n) is 15.3. The Morgan fingerprint density at radius 2 is 1.72 bits per heavy atom. The molecule has 1 amide bonds. The maximum absolute atomic E-state index is 12.4. The second-order valence-electron chi connectivity index (χ2n) is 7.84. The fourth-order valence-corrected chi connectivity index (χ4v) is 3.16. The van der Waals surface area contributed by atoms with Gasteiger partial charge in [-0.15, -0.1) is 0 Å². The molecule has 1 fully saturated rings. The Morgan fingerprint density at radius 1 is 1.04 bits per heavy atom. The number of carbonyl (C=O) groups excluding carboxylic acids is 1. The molecule has 2 N–H and O–H groups in total. The van der Waals surface area contributed by atoms with Gasteiger partial charge in [0, 0.05) is 11.6 Å². The number of rotatable bonds is 4. The van der Waals surface area contributed by atoms with Crippen molar-refractivity contribution in [2.45, 2.75) is 57.9 Å². The van der Waals surface area contributed by atoms with Crippen LogP contribution in [0.5, 0.6) is 0 Å². The summed E-state index contributed by atoms with van der Waals surface area (Å²) >= 11 is 0. The Balaban J connectivity index is 1.60. The molecule has 25 heavy (non-hydrogen) atoms. The number of hydrogen-bond acceptors (Lipinski definition) is 3. The molecule has 3 rings (SSSR count). The van der Waals surface area contributed by atoms with E-state index in [2.05, 4.69) is 36.4 Å². The SMILES string of the molecule is CC(C)(C)c1ccc(C(=O)Nc2ccc(NC3CCCC3)nc2)cc1. The van der Waals surface area contributed by atoms with Crippen molar-refractivity contribution in [3.8, 4) is 0 Å². The van der Waals surface area contributed by atoms with Crippen LogP contribution in [0.4, 0.5) is 11.5 Å². The van der Waals surface area contributed by atoms with Gasteiger partial charge in [-0.2, -0.15) is 0 Å². The van der Waals surface area contributed by atoms with Gasteiger partial charge in [-0.05, 0) is 48.1 Å². The fourth-order valence-electron chi connectivity index (χ4n) is 3.16. The van der Waals surface area contributed by atoms with Crippen LogP contribution in [0, 0.1) is 0 Å². The van der Waals surface area contributed by atoms with Gasteiger partial charge >= 0.3 is 0 Å². The third kappa shape index (κ3) is 4.59. The number of aromatic nitrogens is 1. The Kier molecular flexibility index (Phi) is 5.07. The molecule has 0 spiro atoms. The van der Waals surface area contributed by atoms with Gasteiger partial charge in [0.1, 0.15) is 5.82 Å². The molecule has 4 heteroatoms. The summed E-state index contributed by atoms with van der Waals surface area (Å²) < 4.78 is 0. The molecular weight excluding hydrogens is 310 g/mol. The van der Waals surface area contributed by atoms with Crippen LogP contribution in [0.3, 0.4) is 0 Å². The molecule has 2 aromatic rings. The minimum absolute atomic E-state index is 0.0844. The lowest BCUT2D eigenvalue weighted by molar-refractivity contribution is 0.102. The van der Waals surface area contributed by atoms with Crippen molar-refractivity contribution in [3.63, 3.8) is 0 Å². The first-order valence-corrected chi connectivity index (χ1v) is 9.06. The number of amides is 1. The number of nitrogens with one attached hydrogen (secondary N) is 2. The third-order valence-corrected chi connectivity index (χ3v) is 4.74. The Labute approximate surface area is 150 Å². The maximum atomic E-state index is 12.4. The van der Waals surface area contributed by atoms with Gasteiger partial charge in [-0.25, -0.2) is 4.98 Å². The highest BCUT2D eigenvalue weighted by Crippen LogP contribution is 2.23. The molecule has 0 atom stereocenters. The summed E-state index contributed by atoms with van der Waals surface area (Å²) in [4.78, 5) is 16.8. The first-order chi connectivity index (χ1) is 11.9. The molecule has 132 valence electrons. The smallest absolute Gasteiger partial charge is 0.255 e. The van der Waals surface area contributed by atoms with Crippen LogP contribution in [-0.4, -0.2) is 16.9 Å². The van der Waals surface area contributed by atoms with E-state index in [1.807, 2.05) is 36.4 Å². The van der Waals surface area contributed by atoms with E-state index >= 15 is 0 Å². The van der Waals surface area contributed by atoms with E-state index in [1.165, 1.54) is 31.2 Å². The molecule has 0 bridgehead atoms. The van der Waals surface area contributed by atoms with E-state index in [1.54, 1.807) is 6.20 Å². The number of anilines is 2. The average Bonchev–Trinajstić information content (AvgIpc) is 3.09. The normalized spacial score (nSPS) is 15.2. The van der Waals surface area contributed by atoms with Crippen molar-refractivity contribution in [3.05, 3.63) is 53.7 Å². The largest absolute Gasteiger partial charge is 0.367 e. The summed E-state index contributed by atoms with van der Waals surface area (Å²) in [5.74, 6) is 0.762. The molecule has 0 radical (unpaired) electrons. The lowest BCUT2D eigenvalue weighted by Gasteiger charge is -2.19. The first-order valence-electron chi connectivity index (χ1n) is 9.06.